The Hall–Kier alpha value is -4.32. The molecule has 1 rings (SSSR count). The van der Waals surface area contributed by atoms with E-state index in [0.717, 1.165) is 0 Å². The summed E-state index contributed by atoms with van der Waals surface area (Å²) in [5.74, 6) is -4.93. The van der Waals surface area contributed by atoms with E-state index in [1.165, 1.54) is 11.8 Å². The number of likely N-dealkylation sites (tertiary alicyclic amines) is 1. The summed E-state index contributed by atoms with van der Waals surface area (Å²) in [4.78, 5) is 92.3. The quantitative estimate of drug-likeness (QED) is 0.0300. The standard InChI is InChI=1S/C28H49N9O9/c1-15(33-22(42)17(29)7-5-9-32-27(30)31)26(46)37-10-6-8-20(37)25(45)35-18(12-28(2,3)4)23(43)36-19(14-39)24(44)34-16(13-38)11-21(40)41/h13,15-20,39H,5-12,14,29H2,1-4H3,(H,33,42)(H,34,44)(H,35,45)(H,36,43)(H,40,41)(H4,30,31,32)/t15-,16-,17-,18-,19-,20-/m0/s1. The van der Waals surface area contributed by atoms with E-state index in [0.29, 0.717) is 19.3 Å². The van der Waals surface area contributed by atoms with Crippen LogP contribution in [0.15, 0.2) is 4.99 Å². The van der Waals surface area contributed by atoms with Crippen LogP contribution in [-0.2, 0) is 33.6 Å². The molecule has 18 nitrogen and oxygen atoms in total. The van der Waals surface area contributed by atoms with Crippen LogP contribution in [0.4, 0.5) is 0 Å². The third-order valence-corrected chi connectivity index (χ3v) is 7.02. The average molecular weight is 656 g/mol. The molecule has 260 valence electrons. The minimum absolute atomic E-state index is 0.0766. The van der Waals surface area contributed by atoms with Gasteiger partial charge in [0, 0.05) is 13.1 Å². The lowest BCUT2D eigenvalue weighted by atomic mass is 9.87. The molecule has 1 aliphatic heterocycles. The SMILES string of the molecule is C[C@H](NC(=O)[C@@H](N)CCCN=C(N)N)C(=O)N1CCC[C@H]1C(=O)N[C@@H](CC(C)(C)C)C(=O)N[C@@H](CO)C(=O)N[C@H](C=O)CC(=O)O. The Morgan fingerprint density at radius 3 is 2.17 bits per heavy atom. The Labute approximate surface area is 267 Å². The molecule has 1 saturated heterocycles. The maximum atomic E-state index is 13.4. The fraction of sp³-hybridized carbons (Fsp3) is 0.714. The number of amides is 5. The molecule has 6 atom stereocenters. The van der Waals surface area contributed by atoms with Crippen molar-refractivity contribution in [2.45, 2.75) is 102 Å². The molecule has 1 fully saturated rings. The molecule has 46 heavy (non-hydrogen) atoms. The van der Waals surface area contributed by atoms with Gasteiger partial charge in [-0.2, -0.15) is 0 Å². The molecule has 0 aliphatic carbocycles. The number of nitrogens with zero attached hydrogens (tertiary/aromatic N) is 2. The summed E-state index contributed by atoms with van der Waals surface area (Å²) >= 11 is 0. The second-order valence-corrected chi connectivity index (χ2v) is 12.4. The first-order valence-corrected chi connectivity index (χ1v) is 15.0. The van der Waals surface area contributed by atoms with Crippen molar-refractivity contribution in [2.24, 2.45) is 27.6 Å². The summed E-state index contributed by atoms with van der Waals surface area (Å²) in [7, 11) is 0. The normalized spacial score (nSPS) is 17.8. The van der Waals surface area contributed by atoms with Crippen LogP contribution in [0.5, 0.6) is 0 Å². The Kier molecular flexibility index (Phi) is 16.1. The van der Waals surface area contributed by atoms with Crippen LogP contribution in [0.1, 0.15) is 66.2 Å². The number of hydrogen-bond donors (Lipinski definition) is 9. The summed E-state index contributed by atoms with van der Waals surface area (Å²) in [5.41, 5.74) is 16.0. The van der Waals surface area contributed by atoms with E-state index in [2.05, 4.69) is 26.3 Å². The topological polar surface area (TPSA) is 302 Å². The van der Waals surface area contributed by atoms with Gasteiger partial charge in [0.15, 0.2) is 5.96 Å². The minimum Gasteiger partial charge on any atom is -0.481 e. The number of aliphatic hydroxyl groups is 1. The molecule has 0 bridgehead atoms. The zero-order valence-corrected chi connectivity index (χ0v) is 26.8. The number of aliphatic imine (C=N–C) groups is 1. The van der Waals surface area contributed by atoms with E-state index >= 15 is 0 Å². The van der Waals surface area contributed by atoms with Gasteiger partial charge in [-0.1, -0.05) is 20.8 Å². The van der Waals surface area contributed by atoms with Crippen molar-refractivity contribution in [2.75, 3.05) is 19.7 Å². The van der Waals surface area contributed by atoms with Gasteiger partial charge in [0.25, 0.3) is 0 Å². The van der Waals surface area contributed by atoms with Gasteiger partial charge in [0.1, 0.15) is 30.5 Å². The van der Waals surface area contributed by atoms with Crippen molar-refractivity contribution >= 4 is 47.8 Å². The number of carbonyl (C=O) groups is 7. The van der Waals surface area contributed by atoms with Crippen LogP contribution in [0.2, 0.25) is 0 Å². The Bertz CT molecular complexity index is 1140. The predicted octanol–water partition coefficient (Wildman–Crippen LogP) is -3.58. The minimum atomic E-state index is -1.55. The molecule has 0 spiro atoms. The lowest BCUT2D eigenvalue weighted by Crippen LogP contribution is -2.59. The summed E-state index contributed by atoms with van der Waals surface area (Å²) in [6.07, 6.45) is 1.13. The number of hydrogen-bond acceptors (Lipinski definition) is 10. The molecular formula is C28H49N9O9. The second kappa shape index (κ2) is 18.6. The van der Waals surface area contributed by atoms with Crippen molar-refractivity contribution in [1.29, 1.82) is 0 Å². The fourth-order valence-corrected chi connectivity index (χ4v) is 4.75. The first-order chi connectivity index (χ1) is 21.4. The first kappa shape index (κ1) is 39.7. The molecule has 12 N–H and O–H groups in total. The van der Waals surface area contributed by atoms with Crippen molar-refractivity contribution in [3.05, 3.63) is 0 Å². The van der Waals surface area contributed by atoms with Crippen molar-refractivity contribution in [3.63, 3.8) is 0 Å². The van der Waals surface area contributed by atoms with Crippen LogP contribution in [0, 0.1) is 5.41 Å². The zero-order valence-electron chi connectivity index (χ0n) is 26.8. The molecule has 5 amide bonds. The molecule has 1 heterocycles. The van der Waals surface area contributed by atoms with Gasteiger partial charge in [-0.15, -0.1) is 0 Å². The number of aliphatic carboxylic acids is 1. The van der Waals surface area contributed by atoms with Gasteiger partial charge in [0.2, 0.25) is 29.5 Å². The summed E-state index contributed by atoms with van der Waals surface area (Å²) in [6.45, 7) is 6.57. The molecule has 0 saturated carbocycles. The smallest absolute Gasteiger partial charge is 0.305 e. The maximum Gasteiger partial charge on any atom is 0.305 e. The number of nitrogens with one attached hydrogen (secondary N) is 4. The van der Waals surface area contributed by atoms with Crippen LogP contribution in [-0.4, -0.2) is 119 Å². The molecule has 0 aromatic carbocycles. The number of carboxylic acids is 1. The number of aldehydes is 1. The maximum absolute atomic E-state index is 13.4. The molecule has 0 radical (unpaired) electrons. The van der Waals surface area contributed by atoms with E-state index < -0.39 is 90.2 Å². The lowest BCUT2D eigenvalue weighted by molar-refractivity contribution is -0.142. The van der Waals surface area contributed by atoms with Gasteiger partial charge >= 0.3 is 5.97 Å². The van der Waals surface area contributed by atoms with Crippen molar-refractivity contribution < 1.29 is 43.8 Å². The number of rotatable bonds is 18. The van der Waals surface area contributed by atoms with E-state index in [1.807, 2.05) is 20.8 Å². The second-order valence-electron chi connectivity index (χ2n) is 12.4. The van der Waals surface area contributed by atoms with Crippen molar-refractivity contribution in [1.82, 2.24) is 26.2 Å². The number of nitrogens with two attached hydrogens (primary N) is 3. The largest absolute Gasteiger partial charge is 0.481 e. The molecular weight excluding hydrogens is 606 g/mol. The van der Waals surface area contributed by atoms with Gasteiger partial charge < -0.3 is 58.4 Å². The Balaban J connectivity index is 2.94. The lowest BCUT2D eigenvalue weighted by Gasteiger charge is -2.31. The van der Waals surface area contributed by atoms with Crippen LogP contribution in [0.25, 0.3) is 0 Å². The van der Waals surface area contributed by atoms with E-state index in [4.69, 9.17) is 22.3 Å². The first-order valence-electron chi connectivity index (χ1n) is 15.0. The van der Waals surface area contributed by atoms with E-state index in [-0.39, 0.29) is 38.2 Å². The monoisotopic (exact) mass is 655 g/mol. The summed E-state index contributed by atoms with van der Waals surface area (Å²) < 4.78 is 0. The van der Waals surface area contributed by atoms with E-state index in [9.17, 15) is 38.7 Å². The molecule has 0 aromatic rings. The van der Waals surface area contributed by atoms with Gasteiger partial charge in [-0.25, -0.2) is 0 Å². The van der Waals surface area contributed by atoms with Gasteiger partial charge in [0.05, 0.1) is 25.1 Å². The fourth-order valence-electron chi connectivity index (χ4n) is 4.75. The van der Waals surface area contributed by atoms with Crippen LogP contribution in [0.3, 0.4) is 0 Å². The van der Waals surface area contributed by atoms with Crippen molar-refractivity contribution in [3.8, 4) is 0 Å². The van der Waals surface area contributed by atoms with Crippen LogP contribution < -0.4 is 38.5 Å². The predicted molar refractivity (Wildman–Crippen MR) is 165 cm³/mol. The van der Waals surface area contributed by atoms with Crippen LogP contribution >= 0.6 is 0 Å². The highest BCUT2D eigenvalue weighted by Gasteiger charge is 2.39. The van der Waals surface area contributed by atoms with Gasteiger partial charge in [-0.3, -0.25) is 33.8 Å². The molecule has 18 heteroatoms. The zero-order chi connectivity index (χ0) is 35.2. The number of guanidine groups is 1. The summed E-state index contributed by atoms with van der Waals surface area (Å²) in [5, 5.41) is 28.3. The Morgan fingerprint density at radius 1 is 1.00 bits per heavy atom. The molecule has 0 aromatic heterocycles. The molecule has 0 unspecified atom stereocenters. The highest BCUT2D eigenvalue weighted by atomic mass is 16.4. The highest BCUT2D eigenvalue weighted by molar-refractivity contribution is 5.96. The number of carboxylic acid groups (broad SMARTS) is 1. The number of carbonyl (C=O) groups excluding carboxylic acids is 6. The number of aliphatic hydroxyl groups excluding tert-OH is 1. The van der Waals surface area contributed by atoms with E-state index in [1.54, 1.807) is 0 Å². The third-order valence-electron chi connectivity index (χ3n) is 7.02. The molecule has 1 aliphatic rings. The Morgan fingerprint density at radius 2 is 1.63 bits per heavy atom. The highest BCUT2D eigenvalue weighted by Crippen LogP contribution is 2.23. The summed E-state index contributed by atoms with van der Waals surface area (Å²) in [6, 6.07) is -6.98. The average Bonchev–Trinajstić information content (AvgIpc) is 3.45. The van der Waals surface area contributed by atoms with Gasteiger partial charge in [-0.05, 0) is 44.4 Å². The third kappa shape index (κ3) is 13.8.